The minimum absolute atomic E-state index is 0.758. The van der Waals surface area contributed by atoms with Gasteiger partial charge in [-0.25, -0.2) is 0 Å². The van der Waals surface area contributed by atoms with Crippen molar-refractivity contribution in [3.8, 4) is 0 Å². The van der Waals surface area contributed by atoms with E-state index < -0.39 is 0 Å². The van der Waals surface area contributed by atoms with Crippen LogP contribution in [0.5, 0.6) is 0 Å². The molecule has 0 nitrogen and oxygen atoms in total. The molecule has 0 atom stereocenters. The fourth-order valence-electron chi connectivity index (χ4n) is 0.820. The number of benzene rings is 1. The van der Waals surface area contributed by atoms with Crippen molar-refractivity contribution < 1.29 is 0 Å². The van der Waals surface area contributed by atoms with Crippen LogP contribution in [-0.4, -0.2) is 5.75 Å². The maximum atomic E-state index is 3.46. The van der Waals surface area contributed by atoms with Crippen molar-refractivity contribution in [1.29, 1.82) is 0 Å². The average molecular weight is 245 g/mol. The summed E-state index contributed by atoms with van der Waals surface area (Å²) in [7, 11) is 0. The third-order valence-corrected chi connectivity index (χ3v) is 3.29. The number of hydrogen-bond donors (Lipinski definition) is 0. The monoisotopic (exact) mass is 244 g/mol. The van der Waals surface area contributed by atoms with E-state index in [-0.39, 0.29) is 0 Å². The third-order valence-electron chi connectivity index (χ3n) is 1.38. The highest BCUT2D eigenvalue weighted by atomic mass is 79.9. The number of halogens is 1. The zero-order valence-corrected chi connectivity index (χ0v) is 9.78. The van der Waals surface area contributed by atoms with Gasteiger partial charge in [0, 0.05) is 15.1 Å². The molecule has 2 heteroatoms. The first-order chi connectivity index (χ1) is 5.68. The molecule has 0 unspecified atom stereocenters. The molecule has 0 saturated carbocycles. The summed E-state index contributed by atoms with van der Waals surface area (Å²) in [5, 5.41) is 0. The highest BCUT2D eigenvalue weighted by molar-refractivity contribution is 9.10. The lowest BCUT2D eigenvalue weighted by Crippen LogP contribution is -1.89. The number of hydrogen-bond acceptors (Lipinski definition) is 1. The summed E-state index contributed by atoms with van der Waals surface area (Å²) >= 11 is 5.37. The van der Waals surface area contributed by atoms with Gasteiger partial charge in [0.25, 0.3) is 0 Å². The predicted molar refractivity (Wildman–Crippen MR) is 59.7 cm³/mol. The molecule has 12 heavy (non-hydrogen) atoms. The van der Waals surface area contributed by atoms with Crippen LogP contribution in [0.25, 0.3) is 0 Å². The molecule has 0 spiro atoms. The van der Waals surface area contributed by atoms with Gasteiger partial charge in [-0.15, -0.1) is 11.8 Å². The summed E-state index contributed by atoms with van der Waals surface area (Å²) in [6, 6.07) is 8.44. The SMILES string of the molecule is CC(C)CSc1cccc(Br)c1. The van der Waals surface area contributed by atoms with Crippen molar-refractivity contribution in [2.24, 2.45) is 5.92 Å². The van der Waals surface area contributed by atoms with Crippen LogP contribution in [0.4, 0.5) is 0 Å². The lowest BCUT2D eigenvalue weighted by atomic mass is 10.3. The van der Waals surface area contributed by atoms with E-state index in [2.05, 4.69) is 54.0 Å². The lowest BCUT2D eigenvalue weighted by Gasteiger charge is -2.04. The zero-order chi connectivity index (χ0) is 8.97. The second kappa shape index (κ2) is 4.93. The third kappa shape index (κ3) is 3.63. The van der Waals surface area contributed by atoms with Gasteiger partial charge < -0.3 is 0 Å². The summed E-state index contributed by atoms with van der Waals surface area (Å²) in [4.78, 5) is 1.35. The molecule has 66 valence electrons. The maximum absolute atomic E-state index is 3.46. The van der Waals surface area contributed by atoms with Crippen LogP contribution in [0.15, 0.2) is 33.6 Å². The standard InChI is InChI=1S/C10H13BrS/c1-8(2)7-12-10-5-3-4-9(11)6-10/h3-6,8H,7H2,1-2H3. The summed E-state index contributed by atoms with van der Waals surface area (Å²) in [6.07, 6.45) is 0. The van der Waals surface area contributed by atoms with Gasteiger partial charge in [0.05, 0.1) is 0 Å². The van der Waals surface area contributed by atoms with Crippen molar-refractivity contribution in [2.75, 3.05) is 5.75 Å². The Balaban J connectivity index is 2.52. The summed E-state index contributed by atoms with van der Waals surface area (Å²) in [5.74, 6) is 1.95. The first kappa shape index (κ1) is 10.1. The van der Waals surface area contributed by atoms with Gasteiger partial charge in [-0.1, -0.05) is 35.8 Å². The smallest absolute Gasteiger partial charge is 0.0186 e. The van der Waals surface area contributed by atoms with Gasteiger partial charge in [0.2, 0.25) is 0 Å². The molecule has 1 aromatic rings. The number of thioether (sulfide) groups is 1. The second-order valence-corrected chi connectivity index (χ2v) is 5.17. The number of rotatable bonds is 3. The Hall–Kier alpha value is 0.0500. The van der Waals surface area contributed by atoms with Gasteiger partial charge in [-0.3, -0.25) is 0 Å². The fourth-order valence-corrected chi connectivity index (χ4v) is 2.28. The van der Waals surface area contributed by atoms with Crippen molar-refractivity contribution in [3.05, 3.63) is 28.7 Å². The maximum Gasteiger partial charge on any atom is 0.0186 e. The Bertz CT molecular complexity index is 245. The predicted octanol–water partition coefficient (Wildman–Crippen LogP) is 4.20. The topological polar surface area (TPSA) is 0 Å². The highest BCUT2D eigenvalue weighted by Gasteiger charge is 1.97. The summed E-state index contributed by atoms with van der Waals surface area (Å²) in [5.41, 5.74) is 0. The van der Waals surface area contributed by atoms with Gasteiger partial charge in [0.15, 0.2) is 0 Å². The van der Waals surface area contributed by atoms with Crippen LogP contribution in [0, 0.1) is 5.92 Å². The molecular formula is C10H13BrS. The van der Waals surface area contributed by atoms with E-state index in [1.807, 2.05) is 11.8 Å². The Labute approximate surface area is 86.9 Å². The summed E-state index contributed by atoms with van der Waals surface area (Å²) in [6.45, 7) is 4.48. The largest absolute Gasteiger partial charge is 0.126 e. The van der Waals surface area contributed by atoms with Crippen LogP contribution in [0.3, 0.4) is 0 Å². The van der Waals surface area contributed by atoms with Gasteiger partial charge in [0.1, 0.15) is 0 Å². The van der Waals surface area contributed by atoms with Crippen LogP contribution < -0.4 is 0 Å². The van der Waals surface area contributed by atoms with E-state index in [0.717, 1.165) is 10.4 Å². The fraction of sp³-hybridized carbons (Fsp3) is 0.400. The van der Waals surface area contributed by atoms with Gasteiger partial charge >= 0.3 is 0 Å². The van der Waals surface area contributed by atoms with Crippen LogP contribution >= 0.6 is 27.7 Å². The molecule has 0 bridgehead atoms. The van der Waals surface area contributed by atoms with Crippen LogP contribution in [0.2, 0.25) is 0 Å². The second-order valence-electron chi connectivity index (χ2n) is 3.16. The van der Waals surface area contributed by atoms with Crippen LogP contribution in [-0.2, 0) is 0 Å². The lowest BCUT2D eigenvalue weighted by molar-refractivity contribution is 0.750. The molecule has 0 aliphatic carbocycles. The molecule has 0 aliphatic heterocycles. The first-order valence-corrected chi connectivity index (χ1v) is 5.84. The van der Waals surface area contributed by atoms with E-state index in [9.17, 15) is 0 Å². The minimum atomic E-state index is 0.758. The molecule has 1 aromatic carbocycles. The Morgan fingerprint density at radius 2 is 2.17 bits per heavy atom. The van der Waals surface area contributed by atoms with Crippen molar-refractivity contribution in [2.45, 2.75) is 18.7 Å². The molecule has 0 heterocycles. The Morgan fingerprint density at radius 3 is 2.75 bits per heavy atom. The van der Waals surface area contributed by atoms with E-state index in [0.29, 0.717) is 0 Å². The van der Waals surface area contributed by atoms with Gasteiger partial charge in [-0.05, 0) is 24.1 Å². The average Bonchev–Trinajstić information content (AvgIpc) is 2.01. The molecule has 0 radical (unpaired) electrons. The van der Waals surface area contributed by atoms with E-state index in [1.165, 1.54) is 10.6 Å². The molecule has 0 aromatic heterocycles. The minimum Gasteiger partial charge on any atom is -0.126 e. The molecule has 0 aliphatic rings. The van der Waals surface area contributed by atoms with Crippen molar-refractivity contribution in [1.82, 2.24) is 0 Å². The molecule has 0 amide bonds. The Kier molecular flexibility index (Phi) is 4.16. The highest BCUT2D eigenvalue weighted by Crippen LogP contribution is 2.23. The van der Waals surface area contributed by atoms with E-state index in [4.69, 9.17) is 0 Å². The Morgan fingerprint density at radius 1 is 1.42 bits per heavy atom. The normalized spacial score (nSPS) is 10.7. The van der Waals surface area contributed by atoms with E-state index in [1.54, 1.807) is 0 Å². The molecule has 0 saturated heterocycles. The molecular weight excluding hydrogens is 232 g/mol. The van der Waals surface area contributed by atoms with E-state index >= 15 is 0 Å². The van der Waals surface area contributed by atoms with Crippen molar-refractivity contribution >= 4 is 27.7 Å². The molecule has 0 N–H and O–H groups in total. The molecule has 0 fully saturated rings. The van der Waals surface area contributed by atoms with Gasteiger partial charge in [-0.2, -0.15) is 0 Å². The first-order valence-electron chi connectivity index (χ1n) is 4.07. The summed E-state index contributed by atoms with van der Waals surface area (Å²) < 4.78 is 1.16. The molecule has 1 rings (SSSR count). The van der Waals surface area contributed by atoms with Crippen molar-refractivity contribution in [3.63, 3.8) is 0 Å². The van der Waals surface area contributed by atoms with Crippen LogP contribution in [0.1, 0.15) is 13.8 Å². The quantitative estimate of drug-likeness (QED) is 0.719. The zero-order valence-electron chi connectivity index (χ0n) is 7.38.